The molecule has 0 bridgehead atoms. The number of benzene rings is 1. The summed E-state index contributed by atoms with van der Waals surface area (Å²) in [6, 6.07) is 7.50. The number of aliphatic hydroxyl groups is 1. The zero-order valence-corrected chi connectivity index (χ0v) is 15.4. The van der Waals surface area contributed by atoms with Crippen molar-refractivity contribution in [2.45, 2.75) is 37.3 Å². The Labute approximate surface area is 158 Å². The lowest BCUT2D eigenvalue weighted by Gasteiger charge is -2.31. The highest BCUT2D eigenvalue weighted by molar-refractivity contribution is 5.91. The Balaban J connectivity index is 2.27. The Hall–Kier alpha value is -2.85. The molecule has 7 nitrogen and oxygen atoms in total. The number of carbonyl (C=O) groups excluding carboxylic acids is 3. The molecular formula is C20H23NO6. The third-order valence-corrected chi connectivity index (χ3v) is 4.73. The zero-order valence-electron chi connectivity index (χ0n) is 15.4. The summed E-state index contributed by atoms with van der Waals surface area (Å²) in [4.78, 5) is 38.0. The van der Waals surface area contributed by atoms with E-state index in [1.165, 1.54) is 4.90 Å². The van der Waals surface area contributed by atoms with Crippen LogP contribution in [0.25, 0.3) is 0 Å². The van der Waals surface area contributed by atoms with Crippen molar-refractivity contribution in [3.63, 3.8) is 0 Å². The second-order valence-electron chi connectivity index (χ2n) is 6.43. The second-order valence-corrected chi connectivity index (χ2v) is 6.43. The Morgan fingerprint density at radius 3 is 2.59 bits per heavy atom. The molecule has 0 spiro atoms. The molecule has 7 heteroatoms. The smallest absolute Gasteiger partial charge is 0.339 e. The van der Waals surface area contributed by atoms with E-state index < -0.39 is 36.3 Å². The molecule has 0 saturated carbocycles. The first-order chi connectivity index (χ1) is 12.9. The first-order valence-electron chi connectivity index (χ1n) is 8.54. The lowest BCUT2D eigenvalue weighted by atomic mass is 9.94. The van der Waals surface area contributed by atoms with Crippen LogP contribution in [-0.2, 0) is 30.3 Å². The topological polar surface area (TPSA) is 93.1 Å². The molecule has 2 atom stereocenters. The third-order valence-electron chi connectivity index (χ3n) is 4.73. The van der Waals surface area contributed by atoms with Gasteiger partial charge in [0, 0.05) is 0 Å². The summed E-state index contributed by atoms with van der Waals surface area (Å²) in [5.41, 5.74) is -0.185. The molecule has 27 heavy (non-hydrogen) atoms. The summed E-state index contributed by atoms with van der Waals surface area (Å²) in [5, 5.41) is 10.6. The van der Waals surface area contributed by atoms with E-state index in [0.717, 1.165) is 31.8 Å². The highest BCUT2D eigenvalue weighted by atomic mass is 16.5. The highest BCUT2D eigenvalue weighted by Crippen LogP contribution is 2.36. The molecule has 1 aromatic rings. The van der Waals surface area contributed by atoms with Crippen LogP contribution in [-0.4, -0.2) is 54.2 Å². The van der Waals surface area contributed by atoms with E-state index in [2.05, 4.69) is 15.4 Å². The van der Waals surface area contributed by atoms with E-state index in [9.17, 15) is 19.5 Å². The number of rotatable bonds is 7. The van der Waals surface area contributed by atoms with Gasteiger partial charge in [0.2, 0.25) is 5.91 Å². The van der Waals surface area contributed by atoms with Crippen LogP contribution in [0.15, 0.2) is 24.3 Å². The molecule has 1 amide bonds. The number of terminal acetylenes is 1. The van der Waals surface area contributed by atoms with Crippen molar-refractivity contribution in [3.05, 3.63) is 35.4 Å². The Bertz CT molecular complexity index is 768. The molecule has 2 unspecified atom stereocenters. The summed E-state index contributed by atoms with van der Waals surface area (Å²) < 4.78 is 9.09. The number of ether oxygens (including phenoxy) is 2. The normalized spacial score (nSPS) is 17.2. The standard InChI is InChI=1S/C20H23NO6/c1-4-11-21(16-10-9-14-7-5-6-8-15(14)16)17(22)12-20(25,19(24)27-3)13-18(23)26-2/h1,5-8,16,25H,9-13H2,2-3H3. The summed E-state index contributed by atoms with van der Waals surface area (Å²) in [6.07, 6.45) is 5.62. The molecule has 0 heterocycles. The molecule has 1 aliphatic rings. The maximum Gasteiger partial charge on any atom is 0.339 e. The molecule has 0 aromatic heterocycles. The number of hydrogen-bond acceptors (Lipinski definition) is 6. The number of aryl methyl sites for hydroxylation is 1. The van der Waals surface area contributed by atoms with E-state index >= 15 is 0 Å². The fourth-order valence-electron chi connectivity index (χ4n) is 3.39. The highest BCUT2D eigenvalue weighted by Gasteiger charge is 2.44. The van der Waals surface area contributed by atoms with Gasteiger partial charge in [-0.3, -0.25) is 9.59 Å². The van der Waals surface area contributed by atoms with E-state index in [4.69, 9.17) is 6.42 Å². The minimum absolute atomic E-state index is 0.0211. The van der Waals surface area contributed by atoms with Crippen molar-refractivity contribution >= 4 is 17.8 Å². The molecular weight excluding hydrogens is 350 g/mol. The number of nitrogens with zero attached hydrogens (tertiary/aromatic N) is 1. The fourth-order valence-corrected chi connectivity index (χ4v) is 3.39. The van der Waals surface area contributed by atoms with Crippen LogP contribution in [0.2, 0.25) is 0 Å². The molecule has 1 aromatic carbocycles. The maximum atomic E-state index is 12.9. The van der Waals surface area contributed by atoms with Crippen molar-refractivity contribution in [3.8, 4) is 12.3 Å². The predicted octanol–water partition coefficient (Wildman–Crippen LogP) is 0.993. The van der Waals surface area contributed by atoms with Crippen LogP contribution in [0.4, 0.5) is 0 Å². The van der Waals surface area contributed by atoms with E-state index in [1.54, 1.807) is 0 Å². The van der Waals surface area contributed by atoms with Crippen LogP contribution in [0.1, 0.15) is 36.4 Å². The number of amides is 1. The number of methoxy groups -OCH3 is 2. The summed E-state index contributed by atoms with van der Waals surface area (Å²) in [6.45, 7) is 0.0211. The molecule has 0 fully saturated rings. The number of carbonyl (C=O) groups is 3. The van der Waals surface area contributed by atoms with Gasteiger partial charge in [-0.25, -0.2) is 4.79 Å². The second kappa shape index (κ2) is 8.69. The molecule has 2 rings (SSSR count). The Kier molecular flexibility index (Phi) is 6.59. The van der Waals surface area contributed by atoms with Gasteiger partial charge in [0.1, 0.15) is 0 Å². The van der Waals surface area contributed by atoms with Gasteiger partial charge in [0.25, 0.3) is 0 Å². The van der Waals surface area contributed by atoms with Gasteiger partial charge in [0.15, 0.2) is 5.60 Å². The maximum absolute atomic E-state index is 12.9. The fraction of sp³-hybridized carbons (Fsp3) is 0.450. The van der Waals surface area contributed by atoms with Crippen LogP contribution in [0, 0.1) is 12.3 Å². The molecule has 1 aliphatic carbocycles. The molecule has 0 aliphatic heterocycles. The minimum Gasteiger partial charge on any atom is -0.469 e. The third kappa shape index (κ3) is 4.47. The largest absolute Gasteiger partial charge is 0.469 e. The first kappa shape index (κ1) is 20.5. The van der Waals surface area contributed by atoms with Crippen LogP contribution >= 0.6 is 0 Å². The lowest BCUT2D eigenvalue weighted by molar-refractivity contribution is -0.172. The van der Waals surface area contributed by atoms with Crippen LogP contribution < -0.4 is 0 Å². The van der Waals surface area contributed by atoms with Crippen molar-refractivity contribution in [1.29, 1.82) is 0 Å². The molecule has 0 saturated heterocycles. The van der Waals surface area contributed by atoms with E-state index in [1.807, 2.05) is 24.3 Å². The van der Waals surface area contributed by atoms with Crippen LogP contribution in [0.5, 0.6) is 0 Å². The average Bonchev–Trinajstić information content (AvgIpc) is 3.08. The van der Waals surface area contributed by atoms with Crippen molar-refractivity contribution in [2.75, 3.05) is 20.8 Å². The number of hydrogen-bond donors (Lipinski definition) is 1. The zero-order chi connectivity index (χ0) is 20.0. The number of fused-ring (bicyclic) bond motifs is 1. The van der Waals surface area contributed by atoms with Gasteiger partial charge < -0.3 is 19.5 Å². The van der Waals surface area contributed by atoms with Gasteiger partial charge in [-0.05, 0) is 24.0 Å². The summed E-state index contributed by atoms with van der Waals surface area (Å²) >= 11 is 0. The van der Waals surface area contributed by atoms with E-state index in [-0.39, 0.29) is 12.6 Å². The average molecular weight is 373 g/mol. The minimum atomic E-state index is -2.32. The SMILES string of the molecule is C#CCN(C(=O)CC(O)(CC(=O)OC)C(=O)OC)C1CCc2ccccc21. The van der Waals surface area contributed by atoms with Crippen LogP contribution in [0.3, 0.4) is 0 Å². The van der Waals surface area contributed by atoms with Gasteiger partial charge in [-0.1, -0.05) is 30.2 Å². The molecule has 0 radical (unpaired) electrons. The summed E-state index contributed by atoms with van der Waals surface area (Å²) in [7, 11) is 2.20. The lowest BCUT2D eigenvalue weighted by Crippen LogP contribution is -2.47. The predicted molar refractivity (Wildman–Crippen MR) is 96.3 cm³/mol. The van der Waals surface area contributed by atoms with Gasteiger partial charge >= 0.3 is 11.9 Å². The Morgan fingerprint density at radius 2 is 1.96 bits per heavy atom. The summed E-state index contributed by atoms with van der Waals surface area (Å²) in [5.74, 6) is 0.0137. The Morgan fingerprint density at radius 1 is 1.26 bits per heavy atom. The molecule has 1 N–H and O–H groups in total. The van der Waals surface area contributed by atoms with Gasteiger partial charge in [-0.15, -0.1) is 6.42 Å². The monoisotopic (exact) mass is 373 g/mol. The van der Waals surface area contributed by atoms with Gasteiger partial charge in [-0.2, -0.15) is 0 Å². The van der Waals surface area contributed by atoms with E-state index in [0.29, 0.717) is 6.42 Å². The number of esters is 2. The van der Waals surface area contributed by atoms with Crippen molar-refractivity contribution < 1.29 is 29.0 Å². The van der Waals surface area contributed by atoms with Crippen molar-refractivity contribution in [1.82, 2.24) is 4.90 Å². The molecule has 144 valence electrons. The quantitative estimate of drug-likeness (QED) is 0.566. The van der Waals surface area contributed by atoms with Crippen molar-refractivity contribution in [2.24, 2.45) is 0 Å². The van der Waals surface area contributed by atoms with Gasteiger partial charge in [0.05, 0.1) is 39.6 Å². The first-order valence-corrected chi connectivity index (χ1v) is 8.54.